The summed E-state index contributed by atoms with van der Waals surface area (Å²) >= 11 is 0. The molecule has 2 bridgehead atoms. The van der Waals surface area contributed by atoms with E-state index in [4.69, 9.17) is 9.47 Å². The Kier molecular flexibility index (Phi) is 5.80. The number of cyclic esters (lactones) is 1. The third kappa shape index (κ3) is 3.27. The third-order valence-corrected chi connectivity index (χ3v) is 10.6. The zero-order chi connectivity index (χ0) is 24.4. The van der Waals surface area contributed by atoms with Gasteiger partial charge >= 0.3 is 11.9 Å². The van der Waals surface area contributed by atoms with Crippen molar-refractivity contribution in [3.63, 3.8) is 0 Å². The molecule has 2 N–H and O–H groups in total. The van der Waals surface area contributed by atoms with E-state index in [1.807, 2.05) is 0 Å². The highest BCUT2D eigenvalue weighted by atomic mass is 16.5. The summed E-state index contributed by atoms with van der Waals surface area (Å²) < 4.78 is 11.2. The standard InChI is InChI=1S/C28H40O6/c1-18(29)34-21-16-25(2)11-6-12-27(28(25,32)14-9-19-15-23(31)33-17-19)22(30)10-13-26(3,24(21)27)20-7-4-5-8-20/h6,11,15,20-22,24,30,32H,4-5,7-10,12-14,16-17H2,1-3H3/t21-,22-,24+,25+,26+,27+,28-/m1/s1. The lowest BCUT2D eigenvalue weighted by atomic mass is 9.35. The minimum absolute atomic E-state index is 0.123. The molecule has 188 valence electrons. The maximum atomic E-state index is 12.8. The Bertz CT molecular complexity index is 918. The van der Waals surface area contributed by atoms with E-state index in [9.17, 15) is 19.8 Å². The van der Waals surface area contributed by atoms with Crippen molar-refractivity contribution in [2.75, 3.05) is 6.61 Å². The van der Waals surface area contributed by atoms with E-state index in [-0.39, 0.29) is 36.0 Å². The summed E-state index contributed by atoms with van der Waals surface area (Å²) in [6.07, 6.45) is 13.1. The second-order valence-corrected chi connectivity index (χ2v) is 12.2. The first-order chi connectivity index (χ1) is 16.1. The van der Waals surface area contributed by atoms with Crippen LogP contribution in [0.3, 0.4) is 0 Å². The van der Waals surface area contributed by atoms with Gasteiger partial charge in [0.15, 0.2) is 0 Å². The Labute approximate surface area is 202 Å². The number of carbonyl (C=O) groups is 2. The van der Waals surface area contributed by atoms with Gasteiger partial charge < -0.3 is 19.7 Å². The molecule has 5 rings (SSSR count). The van der Waals surface area contributed by atoms with Gasteiger partial charge in [-0.05, 0) is 68.3 Å². The number of carbonyl (C=O) groups excluding carboxylic acids is 2. The highest BCUT2D eigenvalue weighted by molar-refractivity contribution is 5.85. The maximum absolute atomic E-state index is 12.8. The lowest BCUT2D eigenvalue weighted by molar-refractivity contribution is -0.315. The van der Waals surface area contributed by atoms with Crippen LogP contribution in [0, 0.1) is 28.1 Å². The zero-order valence-electron chi connectivity index (χ0n) is 20.8. The van der Waals surface area contributed by atoms with Gasteiger partial charge in [0.05, 0.1) is 11.7 Å². The second-order valence-electron chi connectivity index (χ2n) is 12.2. The first-order valence-corrected chi connectivity index (χ1v) is 13.2. The van der Waals surface area contributed by atoms with Crippen molar-refractivity contribution in [1.29, 1.82) is 0 Å². The Morgan fingerprint density at radius 3 is 2.62 bits per heavy atom. The van der Waals surface area contributed by atoms with E-state index >= 15 is 0 Å². The molecule has 3 saturated carbocycles. The van der Waals surface area contributed by atoms with Crippen molar-refractivity contribution in [3.05, 3.63) is 23.8 Å². The number of aliphatic hydroxyl groups excluding tert-OH is 1. The van der Waals surface area contributed by atoms with Gasteiger partial charge in [-0.25, -0.2) is 4.79 Å². The number of aliphatic hydroxyl groups is 2. The van der Waals surface area contributed by atoms with Crippen molar-refractivity contribution < 1.29 is 29.3 Å². The van der Waals surface area contributed by atoms with Crippen molar-refractivity contribution in [2.45, 2.75) is 103 Å². The molecule has 34 heavy (non-hydrogen) atoms. The van der Waals surface area contributed by atoms with E-state index in [1.165, 1.54) is 25.8 Å². The summed E-state index contributed by atoms with van der Waals surface area (Å²) in [4.78, 5) is 23.9. The molecule has 1 aliphatic heterocycles. The van der Waals surface area contributed by atoms with Gasteiger partial charge in [-0.2, -0.15) is 0 Å². The number of rotatable bonds is 5. The number of ether oxygens (including phenoxy) is 2. The van der Waals surface area contributed by atoms with Crippen molar-refractivity contribution in [1.82, 2.24) is 0 Å². The van der Waals surface area contributed by atoms with Gasteiger partial charge in [-0.15, -0.1) is 0 Å². The van der Waals surface area contributed by atoms with E-state index in [0.717, 1.165) is 24.8 Å². The summed E-state index contributed by atoms with van der Waals surface area (Å²) in [6, 6.07) is 0. The molecule has 0 aromatic rings. The van der Waals surface area contributed by atoms with E-state index in [2.05, 4.69) is 26.0 Å². The maximum Gasteiger partial charge on any atom is 0.331 e. The van der Waals surface area contributed by atoms with Crippen LogP contribution < -0.4 is 0 Å². The molecule has 6 nitrogen and oxygen atoms in total. The minimum Gasteiger partial charge on any atom is -0.462 e. The van der Waals surface area contributed by atoms with Crippen LogP contribution in [0.4, 0.5) is 0 Å². The number of esters is 2. The van der Waals surface area contributed by atoms with E-state index in [1.54, 1.807) is 0 Å². The molecular weight excluding hydrogens is 432 g/mol. The molecule has 0 aromatic heterocycles. The van der Waals surface area contributed by atoms with Crippen LogP contribution in [0.15, 0.2) is 23.8 Å². The largest absolute Gasteiger partial charge is 0.462 e. The molecule has 7 atom stereocenters. The fourth-order valence-electron chi connectivity index (χ4n) is 9.12. The van der Waals surface area contributed by atoms with Gasteiger partial charge in [0.25, 0.3) is 0 Å². The number of fused-ring (bicyclic) bond motifs is 1. The summed E-state index contributed by atoms with van der Waals surface area (Å²) in [7, 11) is 0. The van der Waals surface area contributed by atoms with Crippen LogP contribution in [0.2, 0.25) is 0 Å². The molecule has 5 aliphatic rings. The monoisotopic (exact) mass is 472 g/mol. The van der Waals surface area contributed by atoms with Gasteiger partial charge in [-0.3, -0.25) is 4.79 Å². The van der Waals surface area contributed by atoms with Crippen LogP contribution in [0.1, 0.15) is 85.0 Å². The third-order valence-electron chi connectivity index (χ3n) is 10.6. The molecule has 1 heterocycles. The zero-order valence-corrected chi connectivity index (χ0v) is 20.8. The van der Waals surface area contributed by atoms with Crippen molar-refractivity contribution in [2.24, 2.45) is 28.1 Å². The molecule has 0 saturated heterocycles. The highest BCUT2D eigenvalue weighted by Gasteiger charge is 2.75. The minimum atomic E-state index is -1.19. The molecule has 6 heteroatoms. The van der Waals surface area contributed by atoms with Gasteiger partial charge in [-0.1, -0.05) is 38.8 Å². The topological polar surface area (TPSA) is 93.1 Å². The van der Waals surface area contributed by atoms with Crippen molar-refractivity contribution in [3.8, 4) is 0 Å². The second kappa shape index (κ2) is 8.19. The molecule has 0 amide bonds. The number of hydrogen-bond donors (Lipinski definition) is 2. The first kappa shape index (κ1) is 24.1. The summed E-state index contributed by atoms with van der Waals surface area (Å²) in [6.45, 7) is 6.13. The normalized spacial score (nSPS) is 46.1. The van der Waals surface area contributed by atoms with Crippen LogP contribution in [0.5, 0.6) is 0 Å². The lowest BCUT2D eigenvalue weighted by Gasteiger charge is -2.72. The molecular formula is C28H40O6. The van der Waals surface area contributed by atoms with Crippen molar-refractivity contribution >= 4 is 11.9 Å². The molecule has 1 spiro atoms. The average molecular weight is 473 g/mol. The highest BCUT2D eigenvalue weighted by Crippen LogP contribution is 2.73. The average Bonchev–Trinajstić information content (AvgIpc) is 3.44. The van der Waals surface area contributed by atoms with Crippen LogP contribution in [-0.2, 0) is 19.1 Å². The predicted octanol–water partition coefficient (Wildman–Crippen LogP) is 4.24. The number of hydrogen-bond acceptors (Lipinski definition) is 6. The first-order valence-electron chi connectivity index (χ1n) is 13.2. The van der Waals surface area contributed by atoms with Gasteiger partial charge in [0.2, 0.25) is 0 Å². The van der Waals surface area contributed by atoms with Gasteiger partial charge in [0.1, 0.15) is 12.7 Å². The molecule has 4 aliphatic carbocycles. The lowest BCUT2D eigenvalue weighted by Crippen LogP contribution is -2.76. The quantitative estimate of drug-likeness (QED) is 0.459. The Balaban J connectivity index is 1.63. The molecule has 0 unspecified atom stereocenters. The van der Waals surface area contributed by atoms with Crippen LogP contribution >= 0.6 is 0 Å². The SMILES string of the molecule is CC(=O)O[C@@H]1C[C@]2(C)C=CC[C@@]3([C@H](O)CC[C@@](C)(C4CCCC4)[C@H]13)[C@@]2(O)CCC1=CC(=O)OC1. The molecule has 3 fully saturated rings. The van der Waals surface area contributed by atoms with E-state index in [0.29, 0.717) is 38.0 Å². The fraction of sp³-hybridized carbons (Fsp3) is 0.786. The van der Waals surface area contributed by atoms with Crippen LogP contribution in [-0.4, -0.2) is 46.6 Å². The van der Waals surface area contributed by atoms with E-state index < -0.39 is 22.5 Å². The summed E-state index contributed by atoms with van der Waals surface area (Å²) in [5.41, 5.74) is -1.89. The predicted molar refractivity (Wildman–Crippen MR) is 126 cm³/mol. The molecule has 0 aromatic carbocycles. The molecule has 0 radical (unpaired) electrons. The summed E-state index contributed by atoms with van der Waals surface area (Å²) in [5.74, 6) is -0.247. The fourth-order valence-corrected chi connectivity index (χ4v) is 9.12. The Morgan fingerprint density at radius 1 is 1.24 bits per heavy atom. The van der Waals surface area contributed by atoms with Crippen LogP contribution in [0.25, 0.3) is 0 Å². The Morgan fingerprint density at radius 2 is 1.97 bits per heavy atom. The Hall–Kier alpha value is -1.66. The number of allylic oxidation sites excluding steroid dienone is 1. The van der Waals surface area contributed by atoms with Gasteiger partial charge in [0, 0.05) is 29.7 Å². The summed E-state index contributed by atoms with van der Waals surface area (Å²) in [5, 5.41) is 24.6. The smallest absolute Gasteiger partial charge is 0.331 e.